The molecule has 0 fully saturated rings. The van der Waals surface area contributed by atoms with Gasteiger partial charge in [-0.25, -0.2) is 14.8 Å². The fraction of sp³-hybridized carbons (Fsp3) is 0.118. The second-order valence-corrected chi connectivity index (χ2v) is 5.02. The minimum Gasteiger partial charge on any atom is -0.495 e. The van der Waals surface area contributed by atoms with Crippen LogP contribution in [0.2, 0.25) is 0 Å². The van der Waals surface area contributed by atoms with Gasteiger partial charge in [0, 0.05) is 6.20 Å². The lowest BCUT2D eigenvalue weighted by molar-refractivity contribution is 0.0601. The highest BCUT2D eigenvalue weighted by Gasteiger charge is 2.15. The molecular weight excluding hydrogens is 336 g/mol. The van der Waals surface area contributed by atoms with Crippen LogP contribution in [0.4, 0.5) is 17.6 Å². The molecule has 1 aromatic carbocycles. The lowest BCUT2D eigenvalue weighted by Gasteiger charge is -2.10. The second kappa shape index (κ2) is 7.43. The Kier molecular flexibility index (Phi) is 4.88. The number of esters is 1. The molecule has 3 rings (SSSR count). The molecule has 9 nitrogen and oxygen atoms in total. The maximum absolute atomic E-state index is 11.7. The zero-order valence-electron chi connectivity index (χ0n) is 14.2. The van der Waals surface area contributed by atoms with Gasteiger partial charge in [0.1, 0.15) is 5.75 Å². The quantitative estimate of drug-likeness (QED) is 0.537. The third-order valence-corrected chi connectivity index (χ3v) is 3.46. The van der Waals surface area contributed by atoms with Crippen LogP contribution in [-0.4, -0.2) is 46.7 Å². The number of carbonyl (C=O) groups excluding carboxylic acids is 1. The van der Waals surface area contributed by atoms with E-state index in [-0.39, 0.29) is 11.9 Å². The average molecular weight is 352 g/mol. The summed E-state index contributed by atoms with van der Waals surface area (Å²) < 4.78 is 11.5. The number of aromatic nitrogens is 4. The van der Waals surface area contributed by atoms with E-state index in [0.717, 1.165) is 0 Å². The van der Waals surface area contributed by atoms with E-state index < -0.39 is 5.97 Å². The normalized spacial score (nSPS) is 10.2. The Bertz CT molecular complexity index is 939. The number of nitrogens with one attached hydrogen (secondary N) is 1. The highest BCUT2D eigenvalue weighted by Crippen LogP contribution is 2.29. The number of anilines is 2. The van der Waals surface area contributed by atoms with Crippen LogP contribution in [0.25, 0.3) is 5.82 Å². The first kappa shape index (κ1) is 17.1. The van der Waals surface area contributed by atoms with Crippen molar-refractivity contribution in [2.45, 2.75) is 0 Å². The molecule has 2 heterocycles. The largest absolute Gasteiger partial charge is 0.495 e. The Morgan fingerprint density at radius 1 is 1.27 bits per heavy atom. The van der Waals surface area contributed by atoms with Gasteiger partial charge >= 0.3 is 5.97 Å². The maximum atomic E-state index is 11.7. The summed E-state index contributed by atoms with van der Waals surface area (Å²) in [6.45, 7) is 3.50. The number of rotatable bonds is 6. The zero-order chi connectivity index (χ0) is 18.5. The van der Waals surface area contributed by atoms with Gasteiger partial charge in [0.05, 0.1) is 25.5 Å². The van der Waals surface area contributed by atoms with Crippen molar-refractivity contribution in [1.82, 2.24) is 19.7 Å². The summed E-state index contributed by atoms with van der Waals surface area (Å²) in [4.78, 5) is 24.1. The van der Waals surface area contributed by atoms with Crippen molar-refractivity contribution in [2.24, 2.45) is 4.99 Å². The predicted molar refractivity (Wildman–Crippen MR) is 96.0 cm³/mol. The molecule has 0 unspecified atom stereocenters. The van der Waals surface area contributed by atoms with Crippen LogP contribution in [0.5, 0.6) is 5.75 Å². The van der Waals surface area contributed by atoms with Crippen molar-refractivity contribution >= 4 is 30.3 Å². The third-order valence-electron chi connectivity index (χ3n) is 3.46. The summed E-state index contributed by atoms with van der Waals surface area (Å²) in [7, 11) is 2.84. The van der Waals surface area contributed by atoms with Crippen LogP contribution in [0.3, 0.4) is 0 Å². The Labute approximate surface area is 149 Å². The Morgan fingerprint density at radius 2 is 2.12 bits per heavy atom. The number of ether oxygens (including phenoxy) is 2. The van der Waals surface area contributed by atoms with E-state index in [1.54, 1.807) is 36.5 Å². The van der Waals surface area contributed by atoms with Crippen molar-refractivity contribution < 1.29 is 14.3 Å². The average Bonchev–Trinajstić information content (AvgIpc) is 3.10. The summed E-state index contributed by atoms with van der Waals surface area (Å²) >= 11 is 0. The van der Waals surface area contributed by atoms with Crippen molar-refractivity contribution in [3.63, 3.8) is 0 Å². The lowest BCUT2D eigenvalue weighted by atomic mass is 10.2. The number of benzene rings is 1. The Morgan fingerprint density at radius 3 is 2.77 bits per heavy atom. The van der Waals surface area contributed by atoms with Gasteiger partial charge in [-0.2, -0.15) is 9.67 Å². The molecule has 0 saturated heterocycles. The Hall–Kier alpha value is -3.75. The molecule has 1 N–H and O–H groups in total. The Balaban J connectivity index is 1.98. The molecule has 0 amide bonds. The van der Waals surface area contributed by atoms with Crippen molar-refractivity contribution in [1.29, 1.82) is 0 Å². The maximum Gasteiger partial charge on any atom is 0.337 e. The van der Waals surface area contributed by atoms with Gasteiger partial charge in [-0.1, -0.05) is 6.07 Å². The molecule has 2 aromatic heterocycles. The number of methoxy groups -OCH3 is 2. The van der Waals surface area contributed by atoms with Gasteiger partial charge in [0.2, 0.25) is 5.95 Å². The standard InChI is InChI=1S/C17H16N6O3/c1-18-17-21-16(22-23(17)14-6-4-5-9-19-14)20-12-10-11(15(24)26-3)7-8-13(12)25-2/h4-10H,1H2,2-3H3,(H,20,22). The first-order chi connectivity index (χ1) is 12.7. The van der Waals surface area contributed by atoms with Gasteiger partial charge in [-0.15, -0.1) is 5.10 Å². The first-order valence-electron chi connectivity index (χ1n) is 7.55. The number of pyridine rings is 1. The zero-order valence-corrected chi connectivity index (χ0v) is 14.2. The summed E-state index contributed by atoms with van der Waals surface area (Å²) in [6, 6.07) is 10.2. The van der Waals surface area contributed by atoms with E-state index in [0.29, 0.717) is 22.8 Å². The van der Waals surface area contributed by atoms with E-state index in [9.17, 15) is 4.79 Å². The van der Waals surface area contributed by atoms with Crippen molar-refractivity contribution in [3.8, 4) is 11.6 Å². The van der Waals surface area contributed by atoms with Gasteiger partial charge in [-0.3, -0.25) is 0 Å². The van der Waals surface area contributed by atoms with Crippen LogP contribution in [-0.2, 0) is 4.74 Å². The molecular formula is C17H16N6O3. The molecule has 0 aliphatic rings. The molecule has 0 atom stereocenters. The molecule has 0 radical (unpaired) electrons. The molecule has 0 aliphatic carbocycles. The van der Waals surface area contributed by atoms with Gasteiger partial charge in [0.25, 0.3) is 5.95 Å². The fourth-order valence-electron chi connectivity index (χ4n) is 2.26. The fourth-order valence-corrected chi connectivity index (χ4v) is 2.26. The molecule has 3 aromatic rings. The van der Waals surface area contributed by atoms with E-state index in [4.69, 9.17) is 9.47 Å². The van der Waals surface area contributed by atoms with E-state index in [1.165, 1.54) is 18.9 Å². The lowest BCUT2D eigenvalue weighted by Crippen LogP contribution is -2.04. The third kappa shape index (κ3) is 3.36. The van der Waals surface area contributed by atoms with Crippen LogP contribution < -0.4 is 10.1 Å². The highest BCUT2D eigenvalue weighted by atomic mass is 16.5. The summed E-state index contributed by atoms with van der Waals surface area (Å²) in [5.41, 5.74) is 0.867. The number of hydrogen-bond donors (Lipinski definition) is 1. The van der Waals surface area contributed by atoms with Gasteiger partial charge < -0.3 is 14.8 Å². The molecule has 0 aliphatic heterocycles. The predicted octanol–water partition coefficient (Wildman–Crippen LogP) is 2.53. The van der Waals surface area contributed by atoms with Crippen LogP contribution in [0.1, 0.15) is 10.4 Å². The SMILES string of the molecule is C=Nc1nc(Nc2cc(C(=O)OC)ccc2OC)nn1-c1ccccn1. The summed E-state index contributed by atoms with van der Waals surface area (Å²) in [6.07, 6.45) is 1.64. The molecule has 26 heavy (non-hydrogen) atoms. The number of nitrogens with zero attached hydrogens (tertiary/aromatic N) is 5. The van der Waals surface area contributed by atoms with E-state index >= 15 is 0 Å². The molecule has 9 heteroatoms. The minimum atomic E-state index is -0.462. The van der Waals surface area contributed by atoms with Crippen LogP contribution in [0, 0.1) is 0 Å². The summed E-state index contributed by atoms with van der Waals surface area (Å²) in [5, 5.41) is 7.36. The summed E-state index contributed by atoms with van der Waals surface area (Å²) in [5.74, 6) is 1.12. The molecule has 132 valence electrons. The van der Waals surface area contributed by atoms with Crippen molar-refractivity contribution in [2.75, 3.05) is 19.5 Å². The highest BCUT2D eigenvalue weighted by molar-refractivity contribution is 5.91. The molecule has 0 bridgehead atoms. The second-order valence-electron chi connectivity index (χ2n) is 5.02. The number of aliphatic imine (C=N–C) groups is 1. The minimum absolute atomic E-state index is 0.248. The van der Waals surface area contributed by atoms with Gasteiger partial charge in [0.15, 0.2) is 5.82 Å². The van der Waals surface area contributed by atoms with Crippen LogP contribution in [0.15, 0.2) is 47.6 Å². The monoisotopic (exact) mass is 352 g/mol. The van der Waals surface area contributed by atoms with Crippen molar-refractivity contribution in [3.05, 3.63) is 48.2 Å². The number of carbonyl (C=O) groups is 1. The number of hydrogen-bond acceptors (Lipinski definition) is 8. The smallest absolute Gasteiger partial charge is 0.337 e. The first-order valence-corrected chi connectivity index (χ1v) is 7.55. The molecule has 0 saturated carbocycles. The van der Waals surface area contributed by atoms with Crippen LogP contribution >= 0.6 is 0 Å². The topological polar surface area (TPSA) is 104 Å². The van der Waals surface area contributed by atoms with Gasteiger partial charge in [-0.05, 0) is 37.0 Å². The van der Waals surface area contributed by atoms with E-state index in [1.807, 2.05) is 6.07 Å². The molecule has 0 spiro atoms. The van der Waals surface area contributed by atoms with E-state index in [2.05, 4.69) is 32.1 Å².